The normalized spacial score (nSPS) is 12.6. The Bertz CT molecular complexity index is 383. The molecule has 2 rings (SSSR count). The summed E-state index contributed by atoms with van der Waals surface area (Å²) in [6.45, 7) is 2.95. The van der Waals surface area contributed by atoms with Crippen LogP contribution in [0.25, 0.3) is 0 Å². The van der Waals surface area contributed by atoms with E-state index in [2.05, 4.69) is 17.2 Å². The maximum absolute atomic E-state index is 5.00. The van der Waals surface area contributed by atoms with Gasteiger partial charge in [0.05, 0.1) is 12.5 Å². The predicted octanol–water partition coefficient (Wildman–Crippen LogP) is 2.53. The highest BCUT2D eigenvalue weighted by Crippen LogP contribution is 2.11. The van der Waals surface area contributed by atoms with Gasteiger partial charge in [-0.3, -0.25) is 4.98 Å². The maximum atomic E-state index is 5.00. The lowest BCUT2D eigenvalue weighted by Crippen LogP contribution is -2.17. The maximum Gasteiger partial charge on any atom is 0.0947 e. The van der Waals surface area contributed by atoms with Crippen LogP contribution in [0.4, 0.5) is 0 Å². The first kappa shape index (κ1) is 9.93. The molecule has 0 spiro atoms. The number of pyridine rings is 1. The number of aromatic nitrogens is 1. The van der Waals surface area contributed by atoms with Gasteiger partial charge in [0.1, 0.15) is 0 Å². The summed E-state index contributed by atoms with van der Waals surface area (Å²) in [5.41, 5.74) is 2.41. The Labute approximate surface area is 89.1 Å². The SMILES string of the molecule is CC(NCc1ccoc1)c1ccncc1. The summed E-state index contributed by atoms with van der Waals surface area (Å²) in [6.07, 6.45) is 7.07. The molecule has 0 aliphatic heterocycles. The summed E-state index contributed by atoms with van der Waals surface area (Å²) in [5.74, 6) is 0. The van der Waals surface area contributed by atoms with Crippen LogP contribution < -0.4 is 5.32 Å². The van der Waals surface area contributed by atoms with Crippen LogP contribution in [0.15, 0.2) is 47.5 Å². The first-order valence-electron chi connectivity index (χ1n) is 5.00. The lowest BCUT2D eigenvalue weighted by atomic mass is 10.1. The third-order valence-electron chi connectivity index (χ3n) is 2.40. The molecule has 0 saturated carbocycles. The first-order chi connectivity index (χ1) is 7.36. The van der Waals surface area contributed by atoms with E-state index < -0.39 is 0 Å². The molecule has 15 heavy (non-hydrogen) atoms. The van der Waals surface area contributed by atoms with E-state index in [1.165, 1.54) is 5.56 Å². The van der Waals surface area contributed by atoms with Gasteiger partial charge in [-0.2, -0.15) is 0 Å². The lowest BCUT2D eigenvalue weighted by Gasteiger charge is -2.12. The van der Waals surface area contributed by atoms with Crippen LogP contribution in [-0.2, 0) is 6.54 Å². The summed E-state index contributed by atoms with van der Waals surface area (Å²) in [6, 6.07) is 6.33. The predicted molar refractivity (Wildman–Crippen MR) is 58.2 cm³/mol. The van der Waals surface area contributed by atoms with Gasteiger partial charge < -0.3 is 9.73 Å². The Balaban J connectivity index is 1.90. The van der Waals surface area contributed by atoms with Crippen LogP contribution in [-0.4, -0.2) is 4.98 Å². The van der Waals surface area contributed by atoms with Gasteiger partial charge in [-0.1, -0.05) is 0 Å². The molecule has 2 aromatic heterocycles. The second kappa shape index (κ2) is 4.75. The van der Waals surface area contributed by atoms with Crippen molar-refractivity contribution in [1.82, 2.24) is 10.3 Å². The number of hydrogen-bond donors (Lipinski definition) is 1. The van der Waals surface area contributed by atoms with Crippen molar-refractivity contribution in [3.63, 3.8) is 0 Å². The number of furan rings is 1. The molecule has 0 fully saturated rings. The van der Waals surface area contributed by atoms with Gasteiger partial charge in [-0.25, -0.2) is 0 Å². The van der Waals surface area contributed by atoms with E-state index in [1.807, 2.05) is 30.6 Å². The molecule has 0 aromatic carbocycles. The lowest BCUT2D eigenvalue weighted by molar-refractivity contribution is 0.546. The van der Waals surface area contributed by atoms with Crippen molar-refractivity contribution in [2.75, 3.05) is 0 Å². The van der Waals surface area contributed by atoms with Crippen molar-refractivity contribution >= 4 is 0 Å². The molecule has 0 aliphatic carbocycles. The molecule has 0 saturated heterocycles. The minimum absolute atomic E-state index is 0.322. The van der Waals surface area contributed by atoms with Crippen LogP contribution in [0.1, 0.15) is 24.1 Å². The third kappa shape index (κ3) is 2.67. The highest BCUT2D eigenvalue weighted by Gasteiger charge is 2.03. The third-order valence-corrected chi connectivity index (χ3v) is 2.40. The smallest absolute Gasteiger partial charge is 0.0947 e. The van der Waals surface area contributed by atoms with E-state index in [0.29, 0.717) is 6.04 Å². The average Bonchev–Trinajstić information content (AvgIpc) is 2.80. The summed E-state index contributed by atoms with van der Waals surface area (Å²) < 4.78 is 5.00. The van der Waals surface area contributed by atoms with E-state index in [0.717, 1.165) is 12.1 Å². The van der Waals surface area contributed by atoms with Gasteiger partial charge in [0.15, 0.2) is 0 Å². The molecule has 3 nitrogen and oxygen atoms in total. The van der Waals surface area contributed by atoms with Crippen molar-refractivity contribution in [3.8, 4) is 0 Å². The zero-order valence-electron chi connectivity index (χ0n) is 8.68. The van der Waals surface area contributed by atoms with E-state index in [4.69, 9.17) is 4.42 Å². The summed E-state index contributed by atoms with van der Waals surface area (Å²) >= 11 is 0. The van der Waals surface area contributed by atoms with Crippen LogP contribution >= 0.6 is 0 Å². The van der Waals surface area contributed by atoms with Gasteiger partial charge >= 0.3 is 0 Å². The van der Waals surface area contributed by atoms with Crippen LogP contribution in [0.2, 0.25) is 0 Å². The monoisotopic (exact) mass is 202 g/mol. The minimum atomic E-state index is 0.322. The van der Waals surface area contributed by atoms with Gasteiger partial charge in [0.25, 0.3) is 0 Å². The topological polar surface area (TPSA) is 38.1 Å². The molecule has 2 heterocycles. The zero-order chi connectivity index (χ0) is 10.5. The molecule has 0 radical (unpaired) electrons. The largest absolute Gasteiger partial charge is 0.472 e. The van der Waals surface area contributed by atoms with Crippen molar-refractivity contribution < 1.29 is 4.42 Å². The van der Waals surface area contributed by atoms with Crippen molar-refractivity contribution in [1.29, 1.82) is 0 Å². The summed E-state index contributed by atoms with van der Waals surface area (Å²) in [5, 5.41) is 3.41. The Kier molecular flexibility index (Phi) is 3.15. The molecular formula is C12H14N2O. The Morgan fingerprint density at radius 2 is 2.13 bits per heavy atom. The Morgan fingerprint density at radius 1 is 1.33 bits per heavy atom. The zero-order valence-corrected chi connectivity index (χ0v) is 8.68. The van der Waals surface area contributed by atoms with Gasteiger partial charge in [-0.05, 0) is 30.7 Å². The van der Waals surface area contributed by atoms with Gasteiger partial charge in [0, 0.05) is 30.5 Å². The van der Waals surface area contributed by atoms with Crippen molar-refractivity contribution in [2.24, 2.45) is 0 Å². The minimum Gasteiger partial charge on any atom is -0.472 e. The number of rotatable bonds is 4. The van der Waals surface area contributed by atoms with Gasteiger partial charge in [0.2, 0.25) is 0 Å². The van der Waals surface area contributed by atoms with Crippen molar-refractivity contribution in [3.05, 3.63) is 54.2 Å². The Morgan fingerprint density at radius 3 is 2.80 bits per heavy atom. The van der Waals surface area contributed by atoms with Crippen LogP contribution in [0.3, 0.4) is 0 Å². The average molecular weight is 202 g/mol. The quantitative estimate of drug-likeness (QED) is 0.827. The fourth-order valence-electron chi connectivity index (χ4n) is 1.43. The van der Waals surface area contributed by atoms with Crippen LogP contribution in [0, 0.1) is 0 Å². The van der Waals surface area contributed by atoms with E-state index in [1.54, 1.807) is 12.5 Å². The summed E-state index contributed by atoms with van der Waals surface area (Å²) in [7, 11) is 0. The molecule has 1 N–H and O–H groups in total. The molecule has 0 amide bonds. The second-order valence-corrected chi connectivity index (χ2v) is 3.51. The highest BCUT2D eigenvalue weighted by atomic mass is 16.3. The Hall–Kier alpha value is -1.61. The van der Waals surface area contributed by atoms with E-state index in [9.17, 15) is 0 Å². The number of nitrogens with zero attached hydrogens (tertiary/aromatic N) is 1. The second-order valence-electron chi connectivity index (χ2n) is 3.51. The molecule has 1 atom stereocenters. The number of hydrogen-bond acceptors (Lipinski definition) is 3. The standard InChI is InChI=1S/C12H14N2O/c1-10(12-2-5-13-6-3-12)14-8-11-4-7-15-9-11/h2-7,9-10,14H,8H2,1H3. The fourth-order valence-corrected chi connectivity index (χ4v) is 1.43. The first-order valence-corrected chi connectivity index (χ1v) is 5.00. The molecule has 1 unspecified atom stereocenters. The summed E-state index contributed by atoms with van der Waals surface area (Å²) in [4.78, 5) is 4.00. The molecule has 3 heteroatoms. The fraction of sp³-hybridized carbons (Fsp3) is 0.250. The van der Waals surface area contributed by atoms with E-state index in [-0.39, 0.29) is 0 Å². The number of nitrogens with one attached hydrogen (secondary N) is 1. The van der Waals surface area contributed by atoms with Crippen molar-refractivity contribution in [2.45, 2.75) is 19.5 Å². The van der Waals surface area contributed by atoms with E-state index >= 15 is 0 Å². The highest BCUT2D eigenvalue weighted by molar-refractivity contribution is 5.14. The molecular weight excluding hydrogens is 188 g/mol. The van der Waals surface area contributed by atoms with Gasteiger partial charge in [-0.15, -0.1) is 0 Å². The molecule has 2 aromatic rings. The molecule has 0 bridgehead atoms. The molecule has 78 valence electrons. The molecule has 0 aliphatic rings. The van der Waals surface area contributed by atoms with Crippen LogP contribution in [0.5, 0.6) is 0 Å².